The average molecular weight is 242 g/mol. The Morgan fingerprint density at radius 3 is 2.83 bits per heavy atom. The summed E-state index contributed by atoms with van der Waals surface area (Å²) in [6.07, 6.45) is 2.72. The summed E-state index contributed by atoms with van der Waals surface area (Å²) in [7, 11) is 0. The number of phenols is 1. The van der Waals surface area contributed by atoms with Crippen LogP contribution in [0, 0.1) is 0 Å². The number of aromatic hydroxyl groups is 1. The Morgan fingerprint density at radius 2 is 2.11 bits per heavy atom. The van der Waals surface area contributed by atoms with Gasteiger partial charge in [-0.2, -0.15) is 0 Å². The molecule has 1 atom stereocenters. The average Bonchev–Trinajstić information content (AvgIpc) is 2.40. The van der Waals surface area contributed by atoms with Crippen LogP contribution in [0.15, 0.2) is 48.7 Å². The molecule has 2 aromatic rings. The van der Waals surface area contributed by atoms with Gasteiger partial charge in [0, 0.05) is 30.9 Å². The van der Waals surface area contributed by atoms with Gasteiger partial charge in [-0.1, -0.05) is 18.2 Å². The molecule has 0 radical (unpaired) electrons. The van der Waals surface area contributed by atoms with Crippen molar-refractivity contribution in [1.29, 1.82) is 0 Å². The molecule has 0 amide bonds. The number of hydrogen-bond donors (Lipinski definition) is 2. The number of pyridine rings is 1. The minimum Gasteiger partial charge on any atom is -0.508 e. The molecule has 1 aromatic carbocycles. The third kappa shape index (κ3) is 3.57. The monoisotopic (exact) mass is 242 g/mol. The summed E-state index contributed by atoms with van der Waals surface area (Å²) < 4.78 is 0. The van der Waals surface area contributed by atoms with Gasteiger partial charge in [-0.25, -0.2) is 0 Å². The van der Waals surface area contributed by atoms with E-state index in [4.69, 9.17) is 0 Å². The van der Waals surface area contributed by atoms with E-state index in [9.17, 15) is 5.11 Å². The molecule has 0 saturated heterocycles. The first kappa shape index (κ1) is 12.6. The van der Waals surface area contributed by atoms with Gasteiger partial charge in [0.2, 0.25) is 0 Å². The lowest BCUT2D eigenvalue weighted by Crippen LogP contribution is -2.21. The quantitative estimate of drug-likeness (QED) is 0.847. The van der Waals surface area contributed by atoms with Gasteiger partial charge in [0.1, 0.15) is 5.75 Å². The first-order valence-electron chi connectivity index (χ1n) is 6.18. The summed E-state index contributed by atoms with van der Waals surface area (Å²) in [5, 5.41) is 12.9. The summed E-state index contributed by atoms with van der Waals surface area (Å²) in [6, 6.07) is 13.5. The molecule has 3 heteroatoms. The zero-order chi connectivity index (χ0) is 12.8. The zero-order valence-corrected chi connectivity index (χ0v) is 10.5. The molecule has 0 bridgehead atoms. The van der Waals surface area contributed by atoms with Gasteiger partial charge in [0.25, 0.3) is 0 Å². The predicted octanol–water partition coefficient (Wildman–Crippen LogP) is 2.68. The van der Waals surface area contributed by atoms with Crippen LogP contribution < -0.4 is 5.32 Å². The number of phenolic OH excluding ortho intramolecular Hbond substituents is 1. The van der Waals surface area contributed by atoms with E-state index in [1.165, 1.54) is 0 Å². The number of aromatic nitrogens is 1. The van der Waals surface area contributed by atoms with Crippen LogP contribution in [0.3, 0.4) is 0 Å². The molecule has 0 saturated carbocycles. The van der Waals surface area contributed by atoms with Crippen molar-refractivity contribution in [2.75, 3.05) is 6.54 Å². The third-order valence-electron chi connectivity index (χ3n) is 2.93. The second kappa shape index (κ2) is 6.17. The molecule has 2 N–H and O–H groups in total. The highest BCUT2D eigenvalue weighted by Gasteiger charge is 2.05. The van der Waals surface area contributed by atoms with Crippen LogP contribution in [0.4, 0.5) is 0 Å². The summed E-state index contributed by atoms with van der Waals surface area (Å²) >= 11 is 0. The fraction of sp³-hybridized carbons (Fsp3) is 0.267. The number of nitrogens with one attached hydrogen (secondary N) is 1. The van der Waals surface area contributed by atoms with Crippen LogP contribution in [-0.2, 0) is 6.42 Å². The van der Waals surface area contributed by atoms with Gasteiger partial charge >= 0.3 is 0 Å². The summed E-state index contributed by atoms with van der Waals surface area (Å²) in [4.78, 5) is 4.28. The lowest BCUT2D eigenvalue weighted by molar-refractivity contribution is 0.472. The second-order valence-corrected chi connectivity index (χ2v) is 4.34. The van der Waals surface area contributed by atoms with E-state index >= 15 is 0 Å². The SMILES string of the molecule is CC(NCCc1ccccn1)c1cccc(O)c1. The Kier molecular flexibility index (Phi) is 4.31. The van der Waals surface area contributed by atoms with Crippen molar-refractivity contribution in [3.05, 3.63) is 59.9 Å². The van der Waals surface area contributed by atoms with E-state index in [1.807, 2.05) is 36.5 Å². The summed E-state index contributed by atoms with van der Waals surface area (Å²) in [5.41, 5.74) is 2.18. The highest BCUT2D eigenvalue weighted by Crippen LogP contribution is 2.17. The minimum absolute atomic E-state index is 0.223. The van der Waals surface area contributed by atoms with E-state index in [0.717, 1.165) is 24.2 Å². The Bertz CT molecular complexity index is 485. The Balaban J connectivity index is 1.83. The number of nitrogens with zero attached hydrogens (tertiary/aromatic N) is 1. The van der Waals surface area contributed by atoms with E-state index < -0.39 is 0 Å². The first-order chi connectivity index (χ1) is 8.75. The standard InChI is InChI=1S/C15H18N2O/c1-12(13-5-4-7-15(18)11-13)16-10-8-14-6-2-3-9-17-14/h2-7,9,11-12,16,18H,8,10H2,1H3. The molecule has 2 rings (SSSR count). The van der Waals surface area contributed by atoms with Crippen molar-refractivity contribution >= 4 is 0 Å². The van der Waals surface area contributed by atoms with Gasteiger partial charge in [-0.05, 0) is 36.8 Å². The van der Waals surface area contributed by atoms with Crippen molar-refractivity contribution in [2.24, 2.45) is 0 Å². The lowest BCUT2D eigenvalue weighted by atomic mass is 10.1. The van der Waals surface area contributed by atoms with Gasteiger partial charge < -0.3 is 10.4 Å². The topological polar surface area (TPSA) is 45.2 Å². The van der Waals surface area contributed by atoms with E-state index in [2.05, 4.69) is 17.2 Å². The molecule has 0 aliphatic heterocycles. The highest BCUT2D eigenvalue weighted by atomic mass is 16.3. The maximum Gasteiger partial charge on any atom is 0.115 e. The van der Waals surface area contributed by atoms with Gasteiger partial charge in [-0.3, -0.25) is 4.98 Å². The molecule has 1 unspecified atom stereocenters. The van der Waals surface area contributed by atoms with Crippen LogP contribution in [-0.4, -0.2) is 16.6 Å². The van der Waals surface area contributed by atoms with E-state index in [-0.39, 0.29) is 6.04 Å². The van der Waals surface area contributed by atoms with Crippen molar-refractivity contribution in [1.82, 2.24) is 10.3 Å². The molecule has 1 aromatic heterocycles. The molecule has 0 aliphatic carbocycles. The smallest absolute Gasteiger partial charge is 0.115 e. The van der Waals surface area contributed by atoms with E-state index in [1.54, 1.807) is 12.1 Å². The normalized spacial score (nSPS) is 12.3. The Hall–Kier alpha value is -1.87. The van der Waals surface area contributed by atoms with Crippen LogP contribution in [0.5, 0.6) is 5.75 Å². The number of hydrogen-bond acceptors (Lipinski definition) is 3. The van der Waals surface area contributed by atoms with Crippen molar-refractivity contribution in [3.8, 4) is 5.75 Å². The number of rotatable bonds is 5. The summed E-state index contributed by atoms with van der Waals surface area (Å²) in [6.45, 7) is 2.96. The Morgan fingerprint density at radius 1 is 1.22 bits per heavy atom. The largest absolute Gasteiger partial charge is 0.508 e. The van der Waals surface area contributed by atoms with Crippen molar-refractivity contribution in [2.45, 2.75) is 19.4 Å². The first-order valence-corrected chi connectivity index (χ1v) is 6.18. The van der Waals surface area contributed by atoms with Gasteiger partial charge in [-0.15, -0.1) is 0 Å². The molecule has 94 valence electrons. The van der Waals surface area contributed by atoms with Crippen molar-refractivity contribution < 1.29 is 5.11 Å². The molecule has 0 fully saturated rings. The molecular formula is C15H18N2O. The summed E-state index contributed by atoms with van der Waals surface area (Å²) in [5.74, 6) is 0.311. The van der Waals surface area contributed by atoms with Crippen LogP contribution in [0.25, 0.3) is 0 Å². The second-order valence-electron chi connectivity index (χ2n) is 4.34. The van der Waals surface area contributed by atoms with Crippen molar-refractivity contribution in [3.63, 3.8) is 0 Å². The predicted molar refractivity (Wildman–Crippen MR) is 72.5 cm³/mol. The minimum atomic E-state index is 0.223. The van der Waals surface area contributed by atoms with E-state index in [0.29, 0.717) is 5.75 Å². The molecule has 0 spiro atoms. The van der Waals surface area contributed by atoms with Crippen LogP contribution in [0.1, 0.15) is 24.2 Å². The van der Waals surface area contributed by atoms with Gasteiger partial charge in [0.05, 0.1) is 0 Å². The molecule has 3 nitrogen and oxygen atoms in total. The molecule has 1 heterocycles. The molecule has 18 heavy (non-hydrogen) atoms. The maximum absolute atomic E-state index is 9.43. The maximum atomic E-state index is 9.43. The van der Waals surface area contributed by atoms with Crippen LogP contribution in [0.2, 0.25) is 0 Å². The van der Waals surface area contributed by atoms with Crippen LogP contribution >= 0.6 is 0 Å². The highest BCUT2D eigenvalue weighted by molar-refractivity contribution is 5.29. The fourth-order valence-corrected chi connectivity index (χ4v) is 1.87. The molecule has 0 aliphatic rings. The zero-order valence-electron chi connectivity index (χ0n) is 10.5. The Labute approximate surface area is 108 Å². The molecular weight excluding hydrogens is 224 g/mol. The number of benzene rings is 1. The lowest BCUT2D eigenvalue weighted by Gasteiger charge is -2.14. The van der Waals surface area contributed by atoms with Gasteiger partial charge in [0.15, 0.2) is 0 Å². The third-order valence-corrected chi connectivity index (χ3v) is 2.93. The fourth-order valence-electron chi connectivity index (χ4n) is 1.87.